The topological polar surface area (TPSA) is 74.9 Å². The number of para-hydroxylation sites is 1. The van der Waals surface area contributed by atoms with Crippen molar-refractivity contribution in [2.75, 3.05) is 33.9 Å². The average molecular weight is 570 g/mol. The van der Waals surface area contributed by atoms with Gasteiger partial charge in [0.05, 0.1) is 14.2 Å². The van der Waals surface area contributed by atoms with E-state index in [4.69, 9.17) is 9.47 Å². The van der Waals surface area contributed by atoms with Crippen LogP contribution in [-0.2, 0) is 24.2 Å². The average Bonchev–Trinajstić information content (AvgIpc) is 3.44. The number of methoxy groups -OCH3 is 2. The number of benzene rings is 3. The normalized spacial score (nSPS) is 11.0. The largest absolute Gasteiger partial charge is 0.493 e. The molecule has 1 N–H and O–H groups in total. The Morgan fingerprint density at radius 2 is 1.52 bits per heavy atom. The molecule has 4 rings (SSSR count). The minimum absolute atomic E-state index is 0.0193. The first-order chi connectivity index (χ1) is 20.5. The van der Waals surface area contributed by atoms with Gasteiger partial charge in [-0.2, -0.15) is 0 Å². The summed E-state index contributed by atoms with van der Waals surface area (Å²) >= 11 is 0. The zero-order chi connectivity index (χ0) is 29.9. The van der Waals surface area contributed by atoms with Crippen LogP contribution >= 0.6 is 0 Å². The Bertz CT molecular complexity index is 1460. The number of fused-ring (bicyclic) bond motifs is 1. The molecule has 222 valence electrons. The molecule has 7 heteroatoms. The zero-order valence-electron chi connectivity index (χ0n) is 25.3. The molecule has 0 atom stereocenters. The van der Waals surface area contributed by atoms with Gasteiger partial charge in [0.15, 0.2) is 11.5 Å². The van der Waals surface area contributed by atoms with Crippen LogP contribution in [0.2, 0.25) is 0 Å². The van der Waals surface area contributed by atoms with E-state index in [1.165, 1.54) is 5.56 Å². The highest BCUT2D eigenvalue weighted by Crippen LogP contribution is 2.28. The number of unbranched alkanes of at least 4 members (excludes halogenated alkanes) is 1. The number of carbonyl (C=O) groups is 2. The highest BCUT2D eigenvalue weighted by Gasteiger charge is 2.23. The number of H-pyrrole nitrogens is 1. The Morgan fingerprint density at radius 3 is 2.24 bits per heavy atom. The third-order valence-corrected chi connectivity index (χ3v) is 7.63. The molecule has 3 aromatic carbocycles. The summed E-state index contributed by atoms with van der Waals surface area (Å²) in [5.74, 6) is 1.04. The lowest BCUT2D eigenvalue weighted by Crippen LogP contribution is -2.43. The maximum Gasteiger partial charge on any atom is 0.254 e. The van der Waals surface area contributed by atoms with Gasteiger partial charge in [-0.25, -0.2) is 0 Å². The first-order valence-electron chi connectivity index (χ1n) is 14.9. The quantitative estimate of drug-likeness (QED) is 0.174. The summed E-state index contributed by atoms with van der Waals surface area (Å²) in [6, 6.07) is 21.7. The van der Waals surface area contributed by atoms with E-state index in [1.54, 1.807) is 19.1 Å². The van der Waals surface area contributed by atoms with Crippen molar-refractivity contribution in [1.29, 1.82) is 0 Å². The molecule has 0 saturated heterocycles. The van der Waals surface area contributed by atoms with Gasteiger partial charge < -0.3 is 24.3 Å². The molecule has 0 radical (unpaired) electrons. The molecule has 2 amide bonds. The molecular weight excluding hydrogens is 526 g/mol. The number of hydrogen-bond donors (Lipinski definition) is 1. The molecule has 4 aromatic rings. The number of ether oxygens (including phenoxy) is 2. The minimum atomic E-state index is -0.116. The number of nitrogens with one attached hydrogen (secondary N) is 1. The van der Waals surface area contributed by atoms with E-state index >= 15 is 0 Å². The molecule has 0 aliphatic carbocycles. The molecule has 0 fully saturated rings. The van der Waals surface area contributed by atoms with E-state index in [0.717, 1.165) is 47.7 Å². The van der Waals surface area contributed by atoms with E-state index in [2.05, 4.69) is 24.0 Å². The number of aryl methyl sites for hydroxylation is 1. The van der Waals surface area contributed by atoms with Crippen LogP contribution < -0.4 is 9.47 Å². The molecule has 0 spiro atoms. The molecule has 1 heterocycles. The SMILES string of the molecule is CCCCc1ccc(C(=O)N(CCC)CC(=O)N(CCc2c[nH]c3ccccc23)Cc2ccc(OC)c(OC)c2)cc1. The molecule has 7 nitrogen and oxygen atoms in total. The van der Waals surface area contributed by atoms with Crippen molar-refractivity contribution in [2.24, 2.45) is 0 Å². The van der Waals surface area contributed by atoms with Crippen LogP contribution in [0.4, 0.5) is 0 Å². The lowest BCUT2D eigenvalue weighted by atomic mass is 10.1. The van der Waals surface area contributed by atoms with E-state index in [-0.39, 0.29) is 18.4 Å². The maximum absolute atomic E-state index is 13.9. The predicted molar refractivity (Wildman–Crippen MR) is 168 cm³/mol. The number of hydrogen-bond acceptors (Lipinski definition) is 4. The first-order valence-corrected chi connectivity index (χ1v) is 14.9. The Morgan fingerprint density at radius 1 is 0.786 bits per heavy atom. The van der Waals surface area contributed by atoms with E-state index < -0.39 is 0 Å². The van der Waals surface area contributed by atoms with Crippen molar-refractivity contribution in [3.05, 3.63) is 95.2 Å². The van der Waals surface area contributed by atoms with Crippen molar-refractivity contribution >= 4 is 22.7 Å². The lowest BCUT2D eigenvalue weighted by molar-refractivity contribution is -0.132. The smallest absolute Gasteiger partial charge is 0.254 e. The summed E-state index contributed by atoms with van der Waals surface area (Å²) in [5, 5.41) is 1.15. The highest BCUT2D eigenvalue weighted by molar-refractivity contribution is 5.96. The van der Waals surface area contributed by atoms with Crippen molar-refractivity contribution in [2.45, 2.75) is 52.5 Å². The zero-order valence-corrected chi connectivity index (χ0v) is 25.3. The van der Waals surface area contributed by atoms with Gasteiger partial charge in [-0.05, 0) is 72.7 Å². The van der Waals surface area contributed by atoms with Gasteiger partial charge in [0.2, 0.25) is 5.91 Å². The van der Waals surface area contributed by atoms with Gasteiger partial charge in [0.1, 0.15) is 6.54 Å². The van der Waals surface area contributed by atoms with Crippen LogP contribution in [-0.4, -0.2) is 60.5 Å². The van der Waals surface area contributed by atoms with Crippen LogP contribution in [0, 0.1) is 0 Å². The summed E-state index contributed by atoms with van der Waals surface area (Å²) in [5.41, 5.74) is 4.99. The Labute approximate surface area is 249 Å². The van der Waals surface area contributed by atoms with Gasteiger partial charge in [0, 0.05) is 42.3 Å². The summed E-state index contributed by atoms with van der Waals surface area (Å²) in [7, 11) is 3.21. The van der Waals surface area contributed by atoms with Gasteiger partial charge in [-0.3, -0.25) is 9.59 Å². The predicted octanol–water partition coefficient (Wildman–Crippen LogP) is 6.65. The van der Waals surface area contributed by atoms with Crippen LogP contribution in [0.5, 0.6) is 11.5 Å². The van der Waals surface area contributed by atoms with Gasteiger partial charge in [0.25, 0.3) is 5.91 Å². The van der Waals surface area contributed by atoms with E-state index in [0.29, 0.717) is 43.1 Å². The minimum Gasteiger partial charge on any atom is -0.493 e. The molecule has 0 unspecified atom stereocenters. The van der Waals surface area contributed by atoms with Crippen LogP contribution in [0.25, 0.3) is 10.9 Å². The third-order valence-electron chi connectivity index (χ3n) is 7.63. The van der Waals surface area contributed by atoms with Crippen LogP contribution in [0.15, 0.2) is 72.9 Å². The summed E-state index contributed by atoms with van der Waals surface area (Å²) < 4.78 is 10.9. The van der Waals surface area contributed by atoms with Crippen molar-refractivity contribution < 1.29 is 19.1 Å². The molecule has 0 saturated carbocycles. The second-order valence-electron chi connectivity index (χ2n) is 10.6. The van der Waals surface area contributed by atoms with Gasteiger partial charge >= 0.3 is 0 Å². The van der Waals surface area contributed by atoms with Crippen molar-refractivity contribution in [3.63, 3.8) is 0 Å². The number of aromatic nitrogens is 1. The number of amides is 2. The Hall–Kier alpha value is -4.26. The first kappa shape index (κ1) is 30.7. The Balaban J connectivity index is 1.54. The van der Waals surface area contributed by atoms with Gasteiger partial charge in [-0.15, -0.1) is 0 Å². The van der Waals surface area contributed by atoms with Gasteiger partial charge in [-0.1, -0.05) is 56.7 Å². The molecule has 1 aromatic heterocycles. The van der Waals surface area contributed by atoms with E-state index in [9.17, 15) is 9.59 Å². The van der Waals surface area contributed by atoms with Crippen molar-refractivity contribution in [3.8, 4) is 11.5 Å². The monoisotopic (exact) mass is 569 g/mol. The second-order valence-corrected chi connectivity index (χ2v) is 10.6. The highest BCUT2D eigenvalue weighted by atomic mass is 16.5. The number of nitrogens with zero attached hydrogens (tertiary/aromatic N) is 2. The summed E-state index contributed by atoms with van der Waals surface area (Å²) in [6.45, 7) is 5.63. The van der Waals surface area contributed by atoms with E-state index in [1.807, 2.05) is 72.6 Å². The fourth-order valence-electron chi connectivity index (χ4n) is 5.25. The number of carbonyl (C=O) groups excluding carboxylic acids is 2. The van der Waals surface area contributed by atoms with Crippen LogP contribution in [0.1, 0.15) is 60.2 Å². The fourth-order valence-corrected chi connectivity index (χ4v) is 5.25. The number of aromatic amines is 1. The summed E-state index contributed by atoms with van der Waals surface area (Å²) in [4.78, 5) is 34.3. The second kappa shape index (κ2) is 15.1. The van der Waals surface area contributed by atoms with Crippen molar-refractivity contribution in [1.82, 2.24) is 14.8 Å². The molecule has 0 aliphatic heterocycles. The molecular formula is C35H43N3O4. The fraction of sp³-hybridized carbons (Fsp3) is 0.371. The standard InChI is InChI=1S/C35H43N3O4/c1-5-7-10-26-13-16-28(17-14-26)35(40)38(20-6-2)25-34(39)37(24-27-15-18-32(41-3)33(22-27)42-4)21-19-29-23-36-31-12-9-8-11-30(29)31/h8-9,11-18,22-23,36H,5-7,10,19-21,24-25H2,1-4H3. The Kier molecular flexibility index (Phi) is 11.0. The molecule has 0 bridgehead atoms. The lowest BCUT2D eigenvalue weighted by Gasteiger charge is -2.28. The third kappa shape index (κ3) is 7.72. The summed E-state index contributed by atoms with van der Waals surface area (Å²) in [6.07, 6.45) is 6.72. The number of rotatable bonds is 15. The molecule has 42 heavy (non-hydrogen) atoms. The van der Waals surface area contributed by atoms with Crippen LogP contribution in [0.3, 0.4) is 0 Å². The maximum atomic E-state index is 13.9. The molecule has 0 aliphatic rings.